The van der Waals surface area contributed by atoms with Gasteiger partial charge in [0.2, 0.25) is 0 Å². The highest BCUT2D eigenvalue weighted by molar-refractivity contribution is 9.27. The molecular weight excluding hydrogens is 246 g/mol. The summed E-state index contributed by atoms with van der Waals surface area (Å²) in [7, 11) is 0. The zero-order chi connectivity index (χ0) is 6.69. The van der Waals surface area contributed by atoms with Crippen molar-refractivity contribution in [3.05, 3.63) is 33.8 Å². The minimum Gasteiger partial charge on any atom is -0.265 e. The van der Waals surface area contributed by atoms with E-state index in [0.29, 0.717) is 0 Å². The molecule has 3 heteroatoms. The average molecular weight is 250 g/mol. The molecule has 0 amide bonds. The molecule has 0 aliphatic carbocycles. The maximum Gasteiger partial charge on any atom is 0.134 e. The molecule has 9 heavy (non-hydrogen) atoms. The van der Waals surface area contributed by atoms with Crippen molar-refractivity contribution in [3.8, 4) is 0 Å². The fourth-order valence-electron chi connectivity index (χ4n) is 0.478. The lowest BCUT2D eigenvalue weighted by Crippen LogP contribution is -1.79. The molecule has 1 nitrogen and oxygen atoms in total. The van der Waals surface area contributed by atoms with Crippen LogP contribution in [0.2, 0.25) is 0 Å². The van der Waals surface area contributed by atoms with Gasteiger partial charge in [0.05, 0.1) is 0 Å². The summed E-state index contributed by atoms with van der Waals surface area (Å²) in [6.07, 6.45) is 3.50. The van der Waals surface area contributed by atoms with E-state index in [1.165, 1.54) is 0 Å². The Balaban J connectivity index is 2.85. The Morgan fingerprint density at radius 3 is 2.11 bits per heavy atom. The Bertz CT molecular complexity index is 174. The van der Waals surface area contributed by atoms with Gasteiger partial charge in [-0.1, -0.05) is 31.9 Å². The summed E-state index contributed by atoms with van der Waals surface area (Å²) in [5.41, 5.74) is 1.10. The van der Waals surface area contributed by atoms with Gasteiger partial charge >= 0.3 is 0 Å². The molecule has 1 rings (SSSR count). The monoisotopic (exact) mass is 248 g/mol. The zero-order valence-corrected chi connectivity index (χ0v) is 7.68. The fraction of sp³-hybridized carbons (Fsp3) is 0. The number of pyridine rings is 1. The topological polar surface area (TPSA) is 12.9 Å². The number of hydrogen-bond donors (Lipinski definition) is 0. The minimum absolute atomic E-state index is 0.956. The third-order valence-electron chi connectivity index (χ3n) is 0.899. The van der Waals surface area contributed by atoms with Gasteiger partial charge in [-0.05, 0) is 17.7 Å². The minimum atomic E-state index is 0.956. The molecule has 0 fully saturated rings. The molecule has 0 saturated heterocycles. The van der Waals surface area contributed by atoms with E-state index in [0.717, 1.165) is 9.30 Å². The average Bonchev–Trinajstić information content (AvgIpc) is 1.90. The fourth-order valence-corrected chi connectivity index (χ4v) is 1.01. The van der Waals surface area contributed by atoms with Crippen LogP contribution >= 0.6 is 31.9 Å². The summed E-state index contributed by atoms with van der Waals surface area (Å²) in [4.78, 5) is 3.87. The molecule has 1 aromatic rings. The highest BCUT2D eigenvalue weighted by atomic mass is 79.9. The van der Waals surface area contributed by atoms with E-state index >= 15 is 0 Å². The van der Waals surface area contributed by atoms with Gasteiger partial charge in [-0.3, -0.25) is 4.98 Å². The highest BCUT2D eigenvalue weighted by Gasteiger charge is 1.99. The van der Waals surface area contributed by atoms with Gasteiger partial charge in [-0.2, -0.15) is 0 Å². The van der Waals surface area contributed by atoms with Crippen molar-refractivity contribution < 1.29 is 0 Å². The second-order valence-electron chi connectivity index (χ2n) is 1.50. The van der Waals surface area contributed by atoms with Crippen LogP contribution in [-0.4, -0.2) is 4.98 Å². The third kappa shape index (κ3) is 2.06. The van der Waals surface area contributed by atoms with Gasteiger partial charge in [0.15, 0.2) is 0 Å². The van der Waals surface area contributed by atoms with Crippen LogP contribution in [0.1, 0.15) is 5.56 Å². The first-order chi connectivity index (χ1) is 4.30. The van der Waals surface area contributed by atoms with Gasteiger partial charge in [-0.15, -0.1) is 0 Å². The van der Waals surface area contributed by atoms with Gasteiger partial charge in [-0.25, -0.2) is 0 Å². The molecule has 1 radical (unpaired) electrons. The number of halogens is 2. The maximum atomic E-state index is 3.87. The molecule has 0 bridgehead atoms. The molecule has 0 aliphatic rings. The molecule has 0 aromatic carbocycles. The van der Waals surface area contributed by atoms with Crippen molar-refractivity contribution in [1.29, 1.82) is 0 Å². The van der Waals surface area contributed by atoms with Crippen LogP contribution in [0.3, 0.4) is 0 Å². The Kier molecular flexibility index (Phi) is 2.66. The van der Waals surface area contributed by atoms with Crippen molar-refractivity contribution in [1.82, 2.24) is 4.98 Å². The number of hydrogen-bond acceptors (Lipinski definition) is 1. The van der Waals surface area contributed by atoms with Gasteiger partial charge in [0.1, 0.15) is 3.74 Å². The van der Waals surface area contributed by atoms with Crippen molar-refractivity contribution >= 4 is 31.9 Å². The summed E-state index contributed by atoms with van der Waals surface area (Å²) in [5.74, 6) is 0. The third-order valence-corrected chi connectivity index (χ3v) is 1.81. The van der Waals surface area contributed by atoms with Gasteiger partial charge in [0, 0.05) is 12.4 Å². The van der Waals surface area contributed by atoms with Crippen LogP contribution in [0.5, 0.6) is 0 Å². The van der Waals surface area contributed by atoms with E-state index in [9.17, 15) is 0 Å². The number of nitrogens with zero attached hydrogens (tertiary/aromatic N) is 1. The SMILES string of the molecule is Br[C](Br)c1ccncc1. The van der Waals surface area contributed by atoms with E-state index in [1.54, 1.807) is 12.4 Å². The summed E-state index contributed by atoms with van der Waals surface area (Å²) >= 11 is 6.58. The molecule has 1 aromatic heterocycles. The first kappa shape index (κ1) is 7.22. The van der Waals surface area contributed by atoms with Crippen molar-refractivity contribution in [3.63, 3.8) is 0 Å². The van der Waals surface area contributed by atoms with Crippen molar-refractivity contribution in [2.45, 2.75) is 0 Å². The predicted molar refractivity (Wildman–Crippen MR) is 44.4 cm³/mol. The van der Waals surface area contributed by atoms with Crippen LogP contribution in [0.15, 0.2) is 24.5 Å². The van der Waals surface area contributed by atoms with Gasteiger partial charge in [0.25, 0.3) is 0 Å². The highest BCUT2D eigenvalue weighted by Crippen LogP contribution is 2.26. The molecule has 0 atom stereocenters. The molecule has 1 heterocycles. The summed E-state index contributed by atoms with van der Waals surface area (Å²) in [5, 5.41) is 0. The lowest BCUT2D eigenvalue weighted by atomic mass is 10.3. The largest absolute Gasteiger partial charge is 0.265 e. The molecule has 0 N–H and O–H groups in total. The van der Waals surface area contributed by atoms with Crippen LogP contribution in [0, 0.1) is 3.74 Å². The summed E-state index contributed by atoms with van der Waals surface area (Å²) in [6, 6.07) is 3.83. The Morgan fingerprint density at radius 2 is 1.78 bits per heavy atom. The van der Waals surface area contributed by atoms with Gasteiger partial charge < -0.3 is 0 Å². The van der Waals surface area contributed by atoms with E-state index in [1.807, 2.05) is 12.1 Å². The van der Waals surface area contributed by atoms with E-state index < -0.39 is 0 Å². The zero-order valence-electron chi connectivity index (χ0n) is 4.51. The maximum absolute atomic E-state index is 3.87. The van der Waals surface area contributed by atoms with E-state index in [2.05, 4.69) is 36.8 Å². The lowest BCUT2D eigenvalue weighted by molar-refractivity contribution is 1.31. The molecule has 0 aliphatic heterocycles. The smallest absolute Gasteiger partial charge is 0.134 e. The summed E-state index contributed by atoms with van der Waals surface area (Å²) in [6.45, 7) is 0. The lowest BCUT2D eigenvalue weighted by Gasteiger charge is -1.96. The van der Waals surface area contributed by atoms with Crippen LogP contribution in [-0.2, 0) is 0 Å². The Morgan fingerprint density at radius 1 is 1.22 bits per heavy atom. The second-order valence-corrected chi connectivity index (χ2v) is 4.15. The van der Waals surface area contributed by atoms with Crippen molar-refractivity contribution in [2.75, 3.05) is 0 Å². The molecular formula is C6H4Br2N. The Hall–Kier alpha value is 0.110. The quantitative estimate of drug-likeness (QED) is 0.746. The van der Waals surface area contributed by atoms with Crippen LogP contribution < -0.4 is 0 Å². The van der Waals surface area contributed by atoms with E-state index in [-0.39, 0.29) is 0 Å². The first-order valence-corrected chi connectivity index (χ1v) is 3.97. The van der Waals surface area contributed by atoms with E-state index in [4.69, 9.17) is 0 Å². The summed E-state index contributed by atoms with van der Waals surface area (Å²) < 4.78 is 0.956. The number of rotatable bonds is 1. The standard InChI is InChI=1S/C6H4Br2N/c7-6(8)5-1-3-9-4-2-5/h1-4H. The Labute approximate surface area is 70.8 Å². The first-order valence-electron chi connectivity index (χ1n) is 2.39. The molecule has 47 valence electrons. The molecule has 0 unspecified atom stereocenters. The number of aromatic nitrogens is 1. The predicted octanol–water partition coefficient (Wildman–Crippen LogP) is 2.71. The van der Waals surface area contributed by atoms with Crippen LogP contribution in [0.4, 0.5) is 0 Å². The molecule has 0 spiro atoms. The second kappa shape index (κ2) is 3.32. The normalized spacial score (nSPS) is 10.1. The van der Waals surface area contributed by atoms with Crippen molar-refractivity contribution in [2.24, 2.45) is 0 Å². The van der Waals surface area contributed by atoms with Crippen LogP contribution in [0.25, 0.3) is 0 Å². The molecule has 0 saturated carbocycles.